The summed E-state index contributed by atoms with van der Waals surface area (Å²) in [5, 5.41) is 0. The van der Waals surface area contributed by atoms with Crippen molar-refractivity contribution in [2.45, 2.75) is 39.5 Å². The molecule has 0 bridgehead atoms. The van der Waals surface area contributed by atoms with Gasteiger partial charge >= 0.3 is 0 Å². The summed E-state index contributed by atoms with van der Waals surface area (Å²) < 4.78 is 5.05. The monoisotopic (exact) mass is 286 g/mol. The largest absolute Gasteiger partial charge is 0.553 e. The molecule has 0 saturated carbocycles. The van der Waals surface area contributed by atoms with Crippen molar-refractivity contribution in [3.8, 4) is 5.75 Å². The van der Waals surface area contributed by atoms with Crippen molar-refractivity contribution in [1.82, 2.24) is 0 Å². The van der Waals surface area contributed by atoms with Crippen LogP contribution in [0.3, 0.4) is 0 Å². The average molecular weight is 286 g/mol. The fourth-order valence-corrected chi connectivity index (χ4v) is 2.39. The van der Waals surface area contributed by atoms with E-state index in [-0.39, 0.29) is 0 Å². The highest BCUT2D eigenvalue weighted by Crippen LogP contribution is 2.25. The summed E-state index contributed by atoms with van der Waals surface area (Å²) in [6.07, 6.45) is 0. The quantitative estimate of drug-likeness (QED) is 0.765. The SMILES string of the molecule is CC(C)c1ccccc1C(C)C.[SiH3]Oc1ccccc1. The van der Waals surface area contributed by atoms with Gasteiger partial charge in [-0.1, -0.05) is 70.2 Å². The lowest BCUT2D eigenvalue weighted by atomic mass is 9.91. The van der Waals surface area contributed by atoms with Crippen LogP contribution in [0.25, 0.3) is 0 Å². The second-order valence-corrected chi connectivity index (χ2v) is 5.86. The van der Waals surface area contributed by atoms with Gasteiger partial charge in [0.25, 0.3) is 0 Å². The first-order valence-corrected chi connectivity index (χ1v) is 8.05. The molecule has 0 aliphatic heterocycles. The van der Waals surface area contributed by atoms with Gasteiger partial charge in [0.2, 0.25) is 10.5 Å². The standard InChI is InChI=1S/C12H18.C6H8OSi/c1-9(2)11-7-5-6-8-12(11)10(3)4;8-7-6-4-2-1-3-5-6/h5-10H,1-4H3;1-5H,8H3. The highest BCUT2D eigenvalue weighted by atomic mass is 28.2. The van der Waals surface area contributed by atoms with E-state index in [1.165, 1.54) is 11.1 Å². The van der Waals surface area contributed by atoms with Crippen LogP contribution in [0.1, 0.15) is 50.7 Å². The van der Waals surface area contributed by atoms with Crippen LogP contribution in [0.5, 0.6) is 5.75 Å². The lowest BCUT2D eigenvalue weighted by Crippen LogP contribution is -1.97. The van der Waals surface area contributed by atoms with E-state index >= 15 is 0 Å². The smallest absolute Gasteiger partial charge is 0.204 e. The fourth-order valence-electron chi connectivity index (χ4n) is 2.12. The highest BCUT2D eigenvalue weighted by Gasteiger charge is 2.07. The summed E-state index contributed by atoms with van der Waals surface area (Å²) in [5.74, 6) is 2.26. The number of para-hydroxylation sites is 1. The molecule has 1 nitrogen and oxygen atoms in total. The number of hydrogen-bond donors (Lipinski definition) is 0. The summed E-state index contributed by atoms with van der Waals surface area (Å²) >= 11 is 0. The van der Waals surface area contributed by atoms with E-state index in [1.807, 2.05) is 30.3 Å². The normalized spacial score (nSPS) is 10.3. The van der Waals surface area contributed by atoms with Crippen LogP contribution < -0.4 is 4.43 Å². The zero-order valence-electron chi connectivity index (χ0n) is 13.3. The van der Waals surface area contributed by atoms with Crippen molar-refractivity contribution in [2.75, 3.05) is 0 Å². The molecule has 0 spiro atoms. The van der Waals surface area contributed by atoms with Crippen molar-refractivity contribution in [3.05, 3.63) is 65.7 Å². The molecule has 2 rings (SSSR count). The fraction of sp³-hybridized carbons (Fsp3) is 0.333. The maximum absolute atomic E-state index is 5.05. The Morgan fingerprint density at radius 3 is 1.40 bits per heavy atom. The lowest BCUT2D eigenvalue weighted by Gasteiger charge is -2.14. The van der Waals surface area contributed by atoms with E-state index in [1.54, 1.807) is 0 Å². The van der Waals surface area contributed by atoms with E-state index < -0.39 is 0 Å². The second kappa shape index (κ2) is 8.59. The average Bonchev–Trinajstić information content (AvgIpc) is 2.48. The van der Waals surface area contributed by atoms with E-state index in [0.717, 1.165) is 16.2 Å². The van der Waals surface area contributed by atoms with Gasteiger partial charge in [-0.15, -0.1) is 0 Å². The summed E-state index contributed by atoms with van der Waals surface area (Å²) in [5.41, 5.74) is 2.99. The first-order chi connectivity index (χ1) is 9.56. The molecule has 0 unspecified atom stereocenters. The first kappa shape index (κ1) is 16.5. The Morgan fingerprint density at radius 1 is 0.700 bits per heavy atom. The third-order valence-electron chi connectivity index (χ3n) is 3.22. The number of hydrogen-bond acceptors (Lipinski definition) is 1. The van der Waals surface area contributed by atoms with Gasteiger partial charge in [-0.05, 0) is 35.1 Å². The van der Waals surface area contributed by atoms with Gasteiger partial charge < -0.3 is 4.43 Å². The molecule has 108 valence electrons. The molecule has 2 heteroatoms. The van der Waals surface area contributed by atoms with Crippen LogP contribution >= 0.6 is 0 Å². The second-order valence-electron chi connectivity index (χ2n) is 5.46. The van der Waals surface area contributed by atoms with Gasteiger partial charge in [-0.2, -0.15) is 0 Å². The third kappa shape index (κ3) is 5.22. The van der Waals surface area contributed by atoms with Crippen molar-refractivity contribution >= 4 is 10.5 Å². The molecule has 0 radical (unpaired) electrons. The van der Waals surface area contributed by atoms with Gasteiger partial charge in [-0.25, -0.2) is 0 Å². The summed E-state index contributed by atoms with van der Waals surface area (Å²) in [6, 6.07) is 18.5. The predicted molar refractivity (Wildman–Crippen MR) is 91.6 cm³/mol. The molecular weight excluding hydrogens is 260 g/mol. The Labute approximate surface area is 126 Å². The highest BCUT2D eigenvalue weighted by molar-refractivity contribution is 5.99. The Morgan fingerprint density at radius 2 is 1.10 bits per heavy atom. The minimum atomic E-state index is 0.642. The summed E-state index contributed by atoms with van der Waals surface area (Å²) in [7, 11) is 0.777. The maximum Gasteiger partial charge on any atom is 0.204 e. The molecule has 0 aliphatic carbocycles. The topological polar surface area (TPSA) is 9.23 Å². The van der Waals surface area contributed by atoms with Crippen molar-refractivity contribution < 1.29 is 4.43 Å². The molecule has 2 aromatic carbocycles. The molecule has 0 N–H and O–H groups in total. The van der Waals surface area contributed by atoms with Gasteiger partial charge in [0.05, 0.1) is 0 Å². The molecule has 0 aliphatic rings. The molecule has 0 heterocycles. The van der Waals surface area contributed by atoms with Crippen LogP contribution in [-0.2, 0) is 0 Å². The Kier molecular flexibility index (Phi) is 7.09. The molecule has 2 aromatic rings. The number of rotatable bonds is 3. The molecule has 0 amide bonds. The van der Waals surface area contributed by atoms with Crippen molar-refractivity contribution in [2.24, 2.45) is 0 Å². The van der Waals surface area contributed by atoms with Crippen molar-refractivity contribution in [1.29, 1.82) is 0 Å². The van der Waals surface area contributed by atoms with E-state index in [2.05, 4.69) is 52.0 Å². The number of benzene rings is 2. The lowest BCUT2D eigenvalue weighted by molar-refractivity contribution is 0.616. The van der Waals surface area contributed by atoms with Crippen LogP contribution in [0.4, 0.5) is 0 Å². The van der Waals surface area contributed by atoms with Gasteiger partial charge in [0.15, 0.2) is 0 Å². The third-order valence-corrected chi connectivity index (χ3v) is 3.69. The van der Waals surface area contributed by atoms with Crippen LogP contribution in [0.15, 0.2) is 54.6 Å². The molecule has 0 fully saturated rings. The zero-order chi connectivity index (χ0) is 15.0. The van der Waals surface area contributed by atoms with E-state index in [9.17, 15) is 0 Å². The Balaban J connectivity index is 0.000000217. The van der Waals surface area contributed by atoms with Gasteiger partial charge in [0, 0.05) is 0 Å². The van der Waals surface area contributed by atoms with Gasteiger partial charge in [-0.3, -0.25) is 0 Å². The van der Waals surface area contributed by atoms with Gasteiger partial charge in [0.1, 0.15) is 5.75 Å². The van der Waals surface area contributed by atoms with E-state index in [0.29, 0.717) is 11.8 Å². The Hall–Kier alpha value is -1.54. The molecule has 0 atom stereocenters. The molecule has 0 aromatic heterocycles. The minimum Gasteiger partial charge on any atom is -0.553 e. The van der Waals surface area contributed by atoms with E-state index in [4.69, 9.17) is 4.43 Å². The zero-order valence-corrected chi connectivity index (χ0v) is 15.3. The Bertz CT molecular complexity index is 465. The predicted octanol–water partition coefficient (Wildman–Crippen LogP) is 4.28. The first-order valence-electron chi connectivity index (χ1n) is 7.24. The summed E-state index contributed by atoms with van der Waals surface area (Å²) in [6.45, 7) is 9.00. The molecule has 20 heavy (non-hydrogen) atoms. The maximum atomic E-state index is 5.05. The van der Waals surface area contributed by atoms with Crippen LogP contribution in [0, 0.1) is 0 Å². The van der Waals surface area contributed by atoms with Crippen LogP contribution in [-0.4, -0.2) is 10.5 Å². The van der Waals surface area contributed by atoms with Crippen molar-refractivity contribution in [3.63, 3.8) is 0 Å². The summed E-state index contributed by atoms with van der Waals surface area (Å²) in [4.78, 5) is 0. The van der Waals surface area contributed by atoms with Crippen LogP contribution in [0.2, 0.25) is 0 Å². The molecular formula is C18H26OSi. The minimum absolute atomic E-state index is 0.642. The molecule has 0 saturated heterocycles.